The van der Waals surface area contributed by atoms with Gasteiger partial charge in [0.25, 0.3) is 0 Å². The molecule has 2 heteroatoms. The molecule has 0 radical (unpaired) electrons. The molecular weight excluding hydrogens is 150 g/mol. The molecule has 0 aliphatic carbocycles. The number of fused-ring (bicyclic) bond motifs is 1. The molecular formula is C10H13NO. The zero-order chi connectivity index (χ0) is 8.39. The van der Waals surface area contributed by atoms with Gasteiger partial charge in [0.15, 0.2) is 0 Å². The third-order valence-electron chi connectivity index (χ3n) is 2.31. The summed E-state index contributed by atoms with van der Waals surface area (Å²) in [6.45, 7) is 1.01. The largest absolute Gasteiger partial charge is 0.385 e. The van der Waals surface area contributed by atoms with Gasteiger partial charge in [-0.15, -0.1) is 0 Å². The Bertz CT molecular complexity index is 272. The first kappa shape index (κ1) is 7.62. The number of nitrogens with one attached hydrogen (secondary N) is 1. The standard InChI is InChI=1S/C10H13NO/c1-12-10-6-7-11-9-5-3-2-4-8(9)10/h2-5,10-11H,6-7H2,1H3/t10-/m0/s1. The van der Waals surface area contributed by atoms with Gasteiger partial charge >= 0.3 is 0 Å². The molecule has 0 fully saturated rings. The van der Waals surface area contributed by atoms with Crippen molar-refractivity contribution < 1.29 is 4.74 Å². The lowest BCUT2D eigenvalue weighted by Gasteiger charge is -2.25. The van der Waals surface area contributed by atoms with E-state index in [9.17, 15) is 0 Å². The molecule has 0 bridgehead atoms. The van der Waals surface area contributed by atoms with Crippen molar-refractivity contribution in [1.29, 1.82) is 0 Å². The molecule has 0 spiro atoms. The van der Waals surface area contributed by atoms with Crippen LogP contribution in [0.15, 0.2) is 24.3 Å². The first-order valence-electron chi connectivity index (χ1n) is 4.27. The Morgan fingerprint density at radius 2 is 2.25 bits per heavy atom. The monoisotopic (exact) mass is 163 g/mol. The summed E-state index contributed by atoms with van der Waals surface area (Å²) in [4.78, 5) is 0. The maximum atomic E-state index is 5.38. The Balaban J connectivity index is 2.37. The lowest BCUT2D eigenvalue weighted by molar-refractivity contribution is 0.0965. The molecule has 1 heterocycles. The van der Waals surface area contributed by atoms with Gasteiger partial charge in [-0.05, 0) is 12.5 Å². The van der Waals surface area contributed by atoms with Crippen LogP contribution in [0.25, 0.3) is 0 Å². The molecule has 0 unspecified atom stereocenters. The second-order valence-corrected chi connectivity index (χ2v) is 3.03. The van der Waals surface area contributed by atoms with Crippen LogP contribution in [0.3, 0.4) is 0 Å². The van der Waals surface area contributed by atoms with Crippen molar-refractivity contribution in [3.8, 4) is 0 Å². The van der Waals surface area contributed by atoms with Gasteiger partial charge in [-0.2, -0.15) is 0 Å². The molecule has 1 aliphatic rings. The predicted molar refractivity (Wildman–Crippen MR) is 49.3 cm³/mol. The fourth-order valence-corrected chi connectivity index (χ4v) is 1.68. The van der Waals surface area contributed by atoms with Crippen LogP contribution in [0.5, 0.6) is 0 Å². The van der Waals surface area contributed by atoms with Gasteiger partial charge in [0.2, 0.25) is 0 Å². The van der Waals surface area contributed by atoms with Crippen LogP contribution in [-0.4, -0.2) is 13.7 Å². The van der Waals surface area contributed by atoms with Crippen LogP contribution in [0, 0.1) is 0 Å². The summed E-state index contributed by atoms with van der Waals surface area (Å²) >= 11 is 0. The highest BCUT2D eigenvalue weighted by molar-refractivity contribution is 5.53. The first-order chi connectivity index (χ1) is 5.92. The number of ether oxygens (including phenoxy) is 1. The van der Waals surface area contributed by atoms with E-state index in [-0.39, 0.29) is 6.10 Å². The normalized spacial score (nSPS) is 21.2. The Morgan fingerprint density at radius 1 is 1.42 bits per heavy atom. The van der Waals surface area contributed by atoms with Crippen molar-refractivity contribution in [2.24, 2.45) is 0 Å². The summed E-state index contributed by atoms with van der Waals surface area (Å²) in [5, 5.41) is 3.35. The number of hydrogen-bond donors (Lipinski definition) is 1. The highest BCUT2D eigenvalue weighted by Gasteiger charge is 2.17. The Labute approximate surface area is 72.5 Å². The second-order valence-electron chi connectivity index (χ2n) is 3.03. The fraction of sp³-hybridized carbons (Fsp3) is 0.400. The summed E-state index contributed by atoms with van der Waals surface area (Å²) in [5.74, 6) is 0. The number of benzene rings is 1. The molecule has 1 aliphatic heterocycles. The first-order valence-corrected chi connectivity index (χ1v) is 4.27. The summed E-state index contributed by atoms with van der Waals surface area (Å²) in [7, 11) is 1.77. The third kappa shape index (κ3) is 1.18. The number of rotatable bonds is 1. The molecule has 0 amide bonds. The van der Waals surface area contributed by atoms with Crippen molar-refractivity contribution >= 4 is 5.69 Å². The van der Waals surface area contributed by atoms with E-state index in [4.69, 9.17) is 4.74 Å². The Morgan fingerprint density at radius 3 is 3.08 bits per heavy atom. The summed E-state index contributed by atoms with van der Waals surface area (Å²) in [6.07, 6.45) is 1.34. The van der Waals surface area contributed by atoms with Gasteiger partial charge in [-0.25, -0.2) is 0 Å². The van der Waals surface area contributed by atoms with Gasteiger partial charge < -0.3 is 10.1 Å². The summed E-state index contributed by atoms with van der Waals surface area (Å²) in [5.41, 5.74) is 2.50. The van der Waals surface area contributed by atoms with Gasteiger partial charge in [0.05, 0.1) is 6.10 Å². The van der Waals surface area contributed by atoms with Crippen LogP contribution < -0.4 is 5.32 Å². The molecule has 12 heavy (non-hydrogen) atoms. The molecule has 1 aromatic rings. The zero-order valence-electron chi connectivity index (χ0n) is 7.21. The van der Waals surface area contributed by atoms with Crippen molar-refractivity contribution in [1.82, 2.24) is 0 Å². The van der Waals surface area contributed by atoms with Crippen LogP contribution in [0.1, 0.15) is 18.1 Å². The fourth-order valence-electron chi connectivity index (χ4n) is 1.68. The third-order valence-corrected chi connectivity index (χ3v) is 2.31. The molecule has 1 aromatic carbocycles. The molecule has 0 aromatic heterocycles. The van der Waals surface area contributed by atoms with Crippen molar-refractivity contribution in [3.05, 3.63) is 29.8 Å². The molecule has 0 saturated carbocycles. The molecule has 2 nitrogen and oxygen atoms in total. The van der Waals surface area contributed by atoms with E-state index in [1.54, 1.807) is 7.11 Å². The number of anilines is 1. The lowest BCUT2D eigenvalue weighted by atomic mass is 10.0. The minimum Gasteiger partial charge on any atom is -0.385 e. The van der Waals surface area contributed by atoms with E-state index in [0.717, 1.165) is 13.0 Å². The second kappa shape index (κ2) is 3.15. The summed E-state index contributed by atoms with van der Waals surface area (Å²) in [6, 6.07) is 8.32. The van der Waals surface area contributed by atoms with E-state index in [1.807, 2.05) is 6.07 Å². The number of methoxy groups -OCH3 is 1. The summed E-state index contributed by atoms with van der Waals surface area (Å²) < 4.78 is 5.38. The van der Waals surface area contributed by atoms with E-state index >= 15 is 0 Å². The maximum Gasteiger partial charge on any atom is 0.0857 e. The van der Waals surface area contributed by atoms with Gasteiger partial charge in [0, 0.05) is 24.9 Å². The number of para-hydroxylation sites is 1. The minimum atomic E-state index is 0.280. The average Bonchev–Trinajstić information content (AvgIpc) is 2.17. The Hall–Kier alpha value is -1.02. The lowest BCUT2D eigenvalue weighted by Crippen LogP contribution is -2.17. The minimum absolute atomic E-state index is 0.280. The Kier molecular flexibility index (Phi) is 2.00. The van der Waals surface area contributed by atoms with Crippen LogP contribution in [0.2, 0.25) is 0 Å². The molecule has 1 N–H and O–H groups in total. The van der Waals surface area contributed by atoms with Crippen LogP contribution >= 0.6 is 0 Å². The zero-order valence-corrected chi connectivity index (χ0v) is 7.21. The number of hydrogen-bond acceptors (Lipinski definition) is 2. The highest BCUT2D eigenvalue weighted by Crippen LogP contribution is 2.31. The quantitative estimate of drug-likeness (QED) is 0.685. The molecule has 0 saturated heterocycles. The molecule has 2 rings (SSSR count). The van der Waals surface area contributed by atoms with Crippen molar-refractivity contribution in [2.45, 2.75) is 12.5 Å². The maximum absolute atomic E-state index is 5.38. The molecule has 64 valence electrons. The van der Waals surface area contributed by atoms with E-state index in [2.05, 4.69) is 23.5 Å². The predicted octanol–water partition coefficient (Wildman–Crippen LogP) is 2.19. The smallest absolute Gasteiger partial charge is 0.0857 e. The molecule has 1 atom stereocenters. The van der Waals surface area contributed by atoms with Crippen LogP contribution in [0.4, 0.5) is 5.69 Å². The average molecular weight is 163 g/mol. The van der Waals surface area contributed by atoms with Crippen molar-refractivity contribution in [2.75, 3.05) is 19.0 Å². The topological polar surface area (TPSA) is 21.3 Å². The van der Waals surface area contributed by atoms with Gasteiger partial charge in [-0.3, -0.25) is 0 Å². The van der Waals surface area contributed by atoms with E-state index in [1.165, 1.54) is 11.3 Å². The van der Waals surface area contributed by atoms with Crippen LogP contribution in [-0.2, 0) is 4.74 Å². The highest BCUT2D eigenvalue weighted by atomic mass is 16.5. The van der Waals surface area contributed by atoms with Gasteiger partial charge in [-0.1, -0.05) is 18.2 Å². The van der Waals surface area contributed by atoms with E-state index < -0.39 is 0 Å². The van der Waals surface area contributed by atoms with Gasteiger partial charge in [0.1, 0.15) is 0 Å². The SMILES string of the molecule is CO[C@H]1CCNc2ccccc21. The van der Waals surface area contributed by atoms with Crippen molar-refractivity contribution in [3.63, 3.8) is 0 Å². The van der Waals surface area contributed by atoms with E-state index in [0.29, 0.717) is 0 Å².